The summed E-state index contributed by atoms with van der Waals surface area (Å²) < 4.78 is 3.89. The molecule has 10 heteroatoms. The number of nitriles is 1. The summed E-state index contributed by atoms with van der Waals surface area (Å²) >= 11 is 0. The van der Waals surface area contributed by atoms with Gasteiger partial charge in [0.2, 0.25) is 0 Å². The molecule has 8 aromatic carbocycles. The second kappa shape index (κ2) is 13.8. The van der Waals surface area contributed by atoms with Crippen molar-refractivity contribution in [3.05, 3.63) is 216 Å². The molecule has 13 rings (SSSR count). The van der Waals surface area contributed by atoms with Gasteiger partial charge >= 0.3 is 0 Å². The fraction of sp³-hybridized carbons (Fsp3) is 0. The van der Waals surface area contributed by atoms with Crippen LogP contribution < -0.4 is 21.7 Å². The molecule has 306 valence electrons. The highest BCUT2D eigenvalue weighted by atomic mass is 16.1. The van der Waals surface area contributed by atoms with Crippen LogP contribution in [0.25, 0.3) is 121 Å². The molecule has 0 saturated heterocycles. The van der Waals surface area contributed by atoms with E-state index in [4.69, 9.17) is 15.0 Å². The van der Waals surface area contributed by atoms with Gasteiger partial charge in [-0.3, -0.25) is 19.2 Å². The maximum atomic E-state index is 15.3. The number of rotatable bonds is 4. The highest BCUT2D eigenvalue weighted by Crippen LogP contribution is 2.36. The van der Waals surface area contributed by atoms with Crippen molar-refractivity contribution >= 4 is 76.2 Å². The Hall–Kier alpha value is -9.46. The Labute approximate surface area is 371 Å². The first kappa shape index (κ1) is 37.1. The van der Waals surface area contributed by atoms with Gasteiger partial charge in [-0.15, -0.1) is 0 Å². The van der Waals surface area contributed by atoms with Crippen molar-refractivity contribution in [3.63, 3.8) is 0 Å². The van der Waals surface area contributed by atoms with E-state index in [0.717, 1.165) is 16.7 Å². The third kappa shape index (κ3) is 5.25. The normalized spacial score (nSPS) is 11.9. The molecule has 66 heavy (non-hydrogen) atoms. The van der Waals surface area contributed by atoms with Crippen LogP contribution in [0.3, 0.4) is 0 Å². The monoisotopic (exact) mass is 848 g/mol. The molecule has 0 amide bonds. The van der Waals surface area contributed by atoms with Crippen molar-refractivity contribution in [3.8, 4) is 51.4 Å². The topological polar surface area (TPSA) is 140 Å². The lowest BCUT2D eigenvalue weighted by molar-refractivity contribution is 1.07. The third-order valence-electron chi connectivity index (χ3n) is 12.8. The second-order valence-corrected chi connectivity index (χ2v) is 16.5. The van der Waals surface area contributed by atoms with Gasteiger partial charge < -0.3 is 8.80 Å². The Morgan fingerprint density at radius 1 is 0.333 bits per heavy atom. The van der Waals surface area contributed by atoms with Gasteiger partial charge in [0.1, 0.15) is 0 Å². The maximum Gasteiger partial charge on any atom is 0.197 e. The molecule has 0 aliphatic carbocycles. The van der Waals surface area contributed by atoms with E-state index in [0.29, 0.717) is 88.4 Å². The standard InChI is InChI=1S/C56H28N6O4/c57-29-30-19-21-31(22-20-30)34-23-40-48-41(24-34)52(65)38-27-39-47(28-46(38)61(48)44-17-9-7-15-36(44)50(40)63)62-45-18-10-8-16-37(45)51(64)42-25-35(26-43(49(42)62)53(39)66)56-59-54(32-11-3-1-4-12-32)58-55(60-56)33-13-5-2-6-14-33/h1-28H. The molecule has 13 aromatic rings. The van der Waals surface area contributed by atoms with Gasteiger partial charge in [-0.25, -0.2) is 15.0 Å². The zero-order valence-electron chi connectivity index (χ0n) is 34.5. The molecule has 5 heterocycles. The van der Waals surface area contributed by atoms with Crippen LogP contribution in [0, 0.1) is 11.3 Å². The molecule has 0 radical (unpaired) electrons. The summed E-state index contributed by atoms with van der Waals surface area (Å²) in [6.45, 7) is 0. The van der Waals surface area contributed by atoms with Gasteiger partial charge in [0.15, 0.2) is 39.2 Å². The Morgan fingerprint density at radius 3 is 1.18 bits per heavy atom. The van der Waals surface area contributed by atoms with E-state index in [-0.39, 0.29) is 43.7 Å². The highest BCUT2D eigenvalue weighted by Gasteiger charge is 2.24. The van der Waals surface area contributed by atoms with Crippen LogP contribution in [-0.4, -0.2) is 23.8 Å². The summed E-state index contributed by atoms with van der Waals surface area (Å²) in [5, 5.41) is 12.1. The van der Waals surface area contributed by atoms with E-state index in [2.05, 4.69) is 6.07 Å². The molecule has 0 spiro atoms. The molecule has 0 fully saturated rings. The van der Waals surface area contributed by atoms with Crippen LogP contribution >= 0.6 is 0 Å². The van der Waals surface area contributed by atoms with Crippen LogP contribution in [0.2, 0.25) is 0 Å². The molecule has 0 aliphatic rings. The Morgan fingerprint density at radius 2 is 0.727 bits per heavy atom. The van der Waals surface area contributed by atoms with Gasteiger partial charge in [0.05, 0.1) is 44.7 Å². The molecule has 0 saturated carbocycles. The van der Waals surface area contributed by atoms with Gasteiger partial charge in [0.25, 0.3) is 0 Å². The number of hydrogen-bond donors (Lipinski definition) is 0. The van der Waals surface area contributed by atoms with Crippen molar-refractivity contribution in [2.24, 2.45) is 0 Å². The van der Waals surface area contributed by atoms with Gasteiger partial charge in [0, 0.05) is 59.8 Å². The summed E-state index contributed by atoms with van der Waals surface area (Å²) in [7, 11) is 0. The lowest BCUT2D eigenvalue weighted by Gasteiger charge is -2.18. The van der Waals surface area contributed by atoms with Crippen LogP contribution in [0.1, 0.15) is 5.56 Å². The van der Waals surface area contributed by atoms with Crippen molar-refractivity contribution in [1.82, 2.24) is 23.8 Å². The molecular weight excluding hydrogens is 821 g/mol. The largest absolute Gasteiger partial charge is 0.307 e. The number of nitrogens with zero attached hydrogens (tertiary/aromatic N) is 6. The Balaban J connectivity index is 1.18. The molecule has 5 aromatic heterocycles. The minimum atomic E-state index is -0.380. The van der Waals surface area contributed by atoms with Crippen LogP contribution in [0.4, 0.5) is 0 Å². The quantitative estimate of drug-likeness (QED) is 0.126. The molecule has 0 aliphatic heterocycles. The molecule has 0 N–H and O–H groups in total. The van der Waals surface area contributed by atoms with Crippen LogP contribution in [-0.2, 0) is 0 Å². The Kier molecular flexibility index (Phi) is 7.75. The van der Waals surface area contributed by atoms with Crippen molar-refractivity contribution in [2.45, 2.75) is 0 Å². The average molecular weight is 849 g/mol. The SMILES string of the molecule is N#Cc1ccc(-c2cc3c(=O)c4ccccc4n4c5cc6c(cc5c(=O)c(c2)c34)c(=O)c2cc(-c3nc(-c4ccccc4)nc(-c4ccccc4)n3)cc3c(=O)c4ccccc4n6c32)cc1. The van der Waals surface area contributed by atoms with Gasteiger partial charge in [-0.2, -0.15) is 5.26 Å². The Bertz CT molecular complexity index is 4490. The van der Waals surface area contributed by atoms with Crippen molar-refractivity contribution < 1.29 is 0 Å². The molecule has 0 unspecified atom stereocenters. The first-order chi connectivity index (χ1) is 32.3. The van der Waals surface area contributed by atoms with Gasteiger partial charge in [-0.05, 0) is 83.9 Å². The summed E-state index contributed by atoms with van der Waals surface area (Å²) in [6.07, 6.45) is 0. The van der Waals surface area contributed by atoms with Crippen molar-refractivity contribution in [1.29, 1.82) is 5.26 Å². The zero-order valence-corrected chi connectivity index (χ0v) is 34.5. The molecule has 0 atom stereocenters. The van der Waals surface area contributed by atoms with Crippen molar-refractivity contribution in [2.75, 3.05) is 0 Å². The number of para-hydroxylation sites is 2. The number of aromatic nitrogens is 5. The van der Waals surface area contributed by atoms with E-state index in [1.807, 2.05) is 112 Å². The van der Waals surface area contributed by atoms with E-state index in [1.165, 1.54) is 0 Å². The lowest BCUT2D eigenvalue weighted by Crippen LogP contribution is -2.17. The summed E-state index contributed by atoms with van der Waals surface area (Å²) in [4.78, 5) is 74.3. The van der Waals surface area contributed by atoms with E-state index in [1.54, 1.807) is 66.7 Å². The molecule has 10 nitrogen and oxygen atoms in total. The zero-order chi connectivity index (χ0) is 44.4. The molecule has 0 bridgehead atoms. The van der Waals surface area contributed by atoms with E-state index in [9.17, 15) is 14.9 Å². The highest BCUT2D eigenvalue weighted by molar-refractivity contribution is 6.14. The fourth-order valence-electron chi connectivity index (χ4n) is 9.77. The first-order valence-corrected chi connectivity index (χ1v) is 21.2. The predicted octanol–water partition coefficient (Wildman–Crippen LogP) is 10.2. The first-order valence-electron chi connectivity index (χ1n) is 21.2. The minimum absolute atomic E-state index is 0.221. The van der Waals surface area contributed by atoms with Crippen LogP contribution in [0.5, 0.6) is 0 Å². The van der Waals surface area contributed by atoms with Gasteiger partial charge in [-0.1, -0.05) is 97.1 Å². The minimum Gasteiger partial charge on any atom is -0.307 e. The maximum absolute atomic E-state index is 15.3. The summed E-state index contributed by atoms with van der Waals surface area (Å²) in [6, 6.07) is 53.4. The van der Waals surface area contributed by atoms with Crippen LogP contribution in [0.15, 0.2) is 189 Å². The van der Waals surface area contributed by atoms with E-state index >= 15 is 9.59 Å². The smallest absolute Gasteiger partial charge is 0.197 e. The predicted molar refractivity (Wildman–Crippen MR) is 261 cm³/mol. The van der Waals surface area contributed by atoms with E-state index < -0.39 is 0 Å². The lowest BCUT2D eigenvalue weighted by atomic mass is 9.95. The average Bonchev–Trinajstić information content (AvgIpc) is 3.38. The third-order valence-corrected chi connectivity index (χ3v) is 12.8. The number of hydrogen-bond acceptors (Lipinski definition) is 8. The number of fused-ring (bicyclic) bond motifs is 8. The summed E-state index contributed by atoms with van der Waals surface area (Å²) in [5.74, 6) is 1.14. The molecular formula is C56H28N6O4. The fourth-order valence-corrected chi connectivity index (χ4v) is 9.77. The number of pyridine rings is 4. The second-order valence-electron chi connectivity index (χ2n) is 16.5. The number of benzene rings is 8. The summed E-state index contributed by atoms with van der Waals surface area (Å²) in [5.41, 5.74) is 5.67.